The van der Waals surface area contributed by atoms with E-state index in [0.717, 1.165) is 11.1 Å². The van der Waals surface area contributed by atoms with Crippen molar-refractivity contribution in [3.05, 3.63) is 101 Å². The Morgan fingerprint density at radius 2 is 1.57 bits per heavy atom. The molecular formula is C24H24ClN3O2. The predicted octanol–water partition coefficient (Wildman–Crippen LogP) is 4.34. The van der Waals surface area contributed by atoms with Gasteiger partial charge in [0.25, 0.3) is 5.91 Å². The maximum absolute atomic E-state index is 12.5. The number of hydrogen-bond acceptors (Lipinski definition) is 3. The van der Waals surface area contributed by atoms with E-state index in [4.69, 9.17) is 11.6 Å². The van der Waals surface area contributed by atoms with Crippen LogP contribution < -0.4 is 10.6 Å². The van der Waals surface area contributed by atoms with Crippen molar-refractivity contribution in [1.82, 2.24) is 10.2 Å². The zero-order valence-electron chi connectivity index (χ0n) is 16.8. The van der Waals surface area contributed by atoms with Gasteiger partial charge in [0.15, 0.2) is 0 Å². The summed E-state index contributed by atoms with van der Waals surface area (Å²) in [5, 5.41) is 6.38. The Morgan fingerprint density at radius 3 is 2.27 bits per heavy atom. The third kappa shape index (κ3) is 6.17. The van der Waals surface area contributed by atoms with Crippen molar-refractivity contribution in [3.8, 4) is 0 Å². The molecule has 0 saturated carbocycles. The second-order valence-corrected chi connectivity index (χ2v) is 7.43. The molecule has 0 radical (unpaired) electrons. The van der Waals surface area contributed by atoms with Crippen molar-refractivity contribution in [3.63, 3.8) is 0 Å². The first-order chi connectivity index (χ1) is 14.5. The average molecular weight is 422 g/mol. The van der Waals surface area contributed by atoms with Crippen molar-refractivity contribution in [2.24, 2.45) is 0 Å². The molecule has 0 saturated heterocycles. The summed E-state index contributed by atoms with van der Waals surface area (Å²) in [5.41, 5.74) is 3.01. The van der Waals surface area contributed by atoms with E-state index in [2.05, 4.69) is 10.6 Å². The Kier molecular flexibility index (Phi) is 7.60. The van der Waals surface area contributed by atoms with Gasteiger partial charge in [0, 0.05) is 34.9 Å². The predicted molar refractivity (Wildman–Crippen MR) is 120 cm³/mol. The number of rotatable bonds is 8. The minimum atomic E-state index is -0.206. The topological polar surface area (TPSA) is 61.4 Å². The molecule has 0 unspecified atom stereocenters. The Balaban J connectivity index is 1.61. The number of nitrogens with one attached hydrogen (secondary N) is 2. The first kappa shape index (κ1) is 21.6. The minimum Gasteiger partial charge on any atom is -0.351 e. The SMILES string of the molecule is CN(CC(=O)NCc1ccccc1)Cc1c(Cl)cccc1NC(=O)c1ccccc1. The summed E-state index contributed by atoms with van der Waals surface area (Å²) in [6.07, 6.45) is 0. The maximum Gasteiger partial charge on any atom is 0.255 e. The van der Waals surface area contributed by atoms with E-state index in [9.17, 15) is 9.59 Å². The Morgan fingerprint density at radius 1 is 0.900 bits per heavy atom. The van der Waals surface area contributed by atoms with Gasteiger partial charge in [0.05, 0.1) is 6.54 Å². The molecule has 0 aliphatic rings. The third-order valence-electron chi connectivity index (χ3n) is 4.58. The molecule has 0 aliphatic carbocycles. The highest BCUT2D eigenvalue weighted by Crippen LogP contribution is 2.26. The highest BCUT2D eigenvalue weighted by molar-refractivity contribution is 6.31. The van der Waals surface area contributed by atoms with Gasteiger partial charge in [-0.25, -0.2) is 0 Å². The van der Waals surface area contributed by atoms with Crippen molar-refractivity contribution >= 4 is 29.1 Å². The van der Waals surface area contributed by atoms with E-state index in [-0.39, 0.29) is 18.4 Å². The summed E-state index contributed by atoms with van der Waals surface area (Å²) < 4.78 is 0. The van der Waals surface area contributed by atoms with Gasteiger partial charge >= 0.3 is 0 Å². The van der Waals surface area contributed by atoms with Crippen LogP contribution in [0.4, 0.5) is 5.69 Å². The molecule has 3 aromatic carbocycles. The van der Waals surface area contributed by atoms with Crippen LogP contribution in [0.5, 0.6) is 0 Å². The lowest BCUT2D eigenvalue weighted by Crippen LogP contribution is -2.34. The van der Waals surface area contributed by atoms with Crippen LogP contribution in [-0.2, 0) is 17.9 Å². The third-order valence-corrected chi connectivity index (χ3v) is 4.93. The fraction of sp³-hybridized carbons (Fsp3) is 0.167. The number of benzene rings is 3. The van der Waals surface area contributed by atoms with Gasteiger partial charge in [-0.2, -0.15) is 0 Å². The van der Waals surface area contributed by atoms with E-state index >= 15 is 0 Å². The standard InChI is InChI=1S/C24H24ClN3O2/c1-28(17-23(29)26-15-18-9-4-2-5-10-18)16-20-21(25)13-8-14-22(20)27-24(30)19-11-6-3-7-12-19/h2-14H,15-17H2,1H3,(H,26,29)(H,27,30). The van der Waals surface area contributed by atoms with Crippen molar-refractivity contribution in [1.29, 1.82) is 0 Å². The Hall–Kier alpha value is -3.15. The van der Waals surface area contributed by atoms with Crippen LogP contribution in [0.25, 0.3) is 0 Å². The van der Waals surface area contributed by atoms with E-state index < -0.39 is 0 Å². The fourth-order valence-corrected chi connectivity index (χ4v) is 3.28. The molecule has 0 aliphatic heterocycles. The van der Waals surface area contributed by atoms with Crippen LogP contribution >= 0.6 is 11.6 Å². The highest BCUT2D eigenvalue weighted by Gasteiger charge is 2.15. The molecule has 30 heavy (non-hydrogen) atoms. The number of halogens is 1. The molecule has 0 bridgehead atoms. The average Bonchev–Trinajstić information content (AvgIpc) is 2.76. The number of likely N-dealkylation sites (N-methyl/N-ethyl adjacent to an activating group) is 1. The smallest absolute Gasteiger partial charge is 0.255 e. The first-order valence-corrected chi connectivity index (χ1v) is 10.0. The molecule has 3 aromatic rings. The largest absolute Gasteiger partial charge is 0.351 e. The molecule has 154 valence electrons. The van der Waals surface area contributed by atoms with Gasteiger partial charge in [-0.05, 0) is 36.9 Å². The highest BCUT2D eigenvalue weighted by atomic mass is 35.5. The number of amides is 2. The van der Waals surface area contributed by atoms with Crippen molar-refractivity contribution < 1.29 is 9.59 Å². The van der Waals surface area contributed by atoms with E-state index in [1.54, 1.807) is 24.3 Å². The second kappa shape index (κ2) is 10.6. The number of carbonyl (C=O) groups excluding carboxylic acids is 2. The maximum atomic E-state index is 12.5. The van der Waals surface area contributed by atoms with Crippen LogP contribution in [-0.4, -0.2) is 30.3 Å². The number of carbonyl (C=O) groups is 2. The van der Waals surface area contributed by atoms with Crippen LogP contribution in [0.1, 0.15) is 21.5 Å². The van der Waals surface area contributed by atoms with Crippen LogP contribution in [0.3, 0.4) is 0 Å². The van der Waals surface area contributed by atoms with Crippen molar-refractivity contribution in [2.45, 2.75) is 13.1 Å². The van der Waals surface area contributed by atoms with E-state index in [1.165, 1.54) is 0 Å². The lowest BCUT2D eigenvalue weighted by molar-refractivity contribution is -0.122. The molecule has 0 fully saturated rings. The van der Waals surface area contributed by atoms with Crippen LogP contribution in [0.2, 0.25) is 5.02 Å². The summed E-state index contributed by atoms with van der Waals surface area (Å²) in [6.45, 7) is 1.12. The summed E-state index contributed by atoms with van der Waals surface area (Å²) >= 11 is 6.40. The lowest BCUT2D eigenvalue weighted by Gasteiger charge is -2.20. The molecule has 2 amide bonds. The molecule has 3 rings (SSSR count). The van der Waals surface area contributed by atoms with E-state index in [1.807, 2.05) is 66.5 Å². The Labute approximate surface area is 181 Å². The summed E-state index contributed by atoms with van der Waals surface area (Å²) in [5.74, 6) is -0.286. The first-order valence-electron chi connectivity index (χ1n) is 9.66. The van der Waals surface area contributed by atoms with Crippen molar-refractivity contribution in [2.75, 3.05) is 18.9 Å². The number of anilines is 1. The normalized spacial score (nSPS) is 10.6. The summed E-state index contributed by atoms with van der Waals surface area (Å²) in [4.78, 5) is 26.7. The van der Waals surface area contributed by atoms with Gasteiger partial charge in [-0.1, -0.05) is 66.2 Å². The summed E-state index contributed by atoms with van der Waals surface area (Å²) in [7, 11) is 1.84. The monoisotopic (exact) mass is 421 g/mol. The van der Waals surface area contributed by atoms with Gasteiger partial charge in [0.1, 0.15) is 0 Å². The Bertz CT molecular complexity index is 994. The van der Waals surface area contributed by atoms with Gasteiger partial charge in [-0.15, -0.1) is 0 Å². The van der Waals surface area contributed by atoms with E-state index in [0.29, 0.717) is 29.4 Å². The molecule has 2 N–H and O–H groups in total. The second-order valence-electron chi connectivity index (χ2n) is 7.02. The fourth-order valence-electron chi connectivity index (χ4n) is 3.04. The number of nitrogens with zero attached hydrogens (tertiary/aromatic N) is 1. The van der Waals surface area contributed by atoms with Crippen LogP contribution in [0, 0.1) is 0 Å². The quantitative estimate of drug-likeness (QED) is 0.568. The molecule has 0 heterocycles. The van der Waals surface area contributed by atoms with Crippen LogP contribution in [0.15, 0.2) is 78.9 Å². The molecule has 0 atom stereocenters. The van der Waals surface area contributed by atoms with Gasteiger partial charge in [-0.3, -0.25) is 14.5 Å². The number of hydrogen-bond donors (Lipinski definition) is 2. The zero-order chi connectivity index (χ0) is 21.3. The molecule has 5 nitrogen and oxygen atoms in total. The summed E-state index contributed by atoms with van der Waals surface area (Å²) in [6, 6.07) is 24.1. The molecule has 6 heteroatoms. The molecule has 0 aromatic heterocycles. The van der Waals surface area contributed by atoms with Gasteiger partial charge < -0.3 is 10.6 Å². The lowest BCUT2D eigenvalue weighted by atomic mass is 10.1. The minimum absolute atomic E-state index is 0.0803. The molecular weight excluding hydrogens is 398 g/mol. The molecule has 0 spiro atoms. The van der Waals surface area contributed by atoms with Gasteiger partial charge in [0.2, 0.25) is 5.91 Å². The zero-order valence-corrected chi connectivity index (χ0v) is 17.5.